The van der Waals surface area contributed by atoms with Crippen LogP contribution in [-0.2, 0) is 0 Å². The van der Waals surface area contributed by atoms with Gasteiger partial charge in [-0.15, -0.1) is 0 Å². The van der Waals surface area contributed by atoms with E-state index in [9.17, 15) is 0 Å². The molecule has 1 aliphatic carbocycles. The third kappa shape index (κ3) is 9.80. The molecule has 0 bridgehead atoms. The number of aliphatic hydroxyl groups excluding tert-OH is 1. The Labute approximate surface area is 81.0 Å². The summed E-state index contributed by atoms with van der Waals surface area (Å²) in [5.41, 5.74) is 4.73. The van der Waals surface area contributed by atoms with Crippen molar-refractivity contribution in [2.45, 2.75) is 57.6 Å². The predicted octanol–water partition coefficient (Wildman–Crippen LogP) is 1.03. The first kappa shape index (κ1) is 12.9. The molecular weight excluding hydrogens is 166 g/mol. The molecule has 1 rings (SSSR count). The van der Waals surface area contributed by atoms with Crippen molar-refractivity contribution in [2.24, 2.45) is 5.73 Å². The number of rotatable bonds is 1. The van der Waals surface area contributed by atoms with E-state index in [4.69, 9.17) is 15.9 Å². The van der Waals surface area contributed by atoms with E-state index < -0.39 is 5.60 Å². The van der Waals surface area contributed by atoms with Gasteiger partial charge in [0.05, 0.1) is 12.2 Å². The highest BCUT2D eigenvalue weighted by atomic mass is 16.3. The highest BCUT2D eigenvalue weighted by molar-refractivity contribution is 4.66. The largest absolute Gasteiger partial charge is 0.393 e. The van der Waals surface area contributed by atoms with Crippen molar-refractivity contribution in [2.75, 3.05) is 6.61 Å². The number of nitrogens with two attached hydrogens (primary N) is 1. The summed E-state index contributed by atoms with van der Waals surface area (Å²) in [7, 11) is 0. The normalized spacial score (nSPS) is 19.2. The zero-order chi connectivity index (χ0) is 10.3. The third-order valence-electron chi connectivity index (χ3n) is 2.04. The Morgan fingerprint density at radius 3 is 1.77 bits per heavy atom. The molecule has 13 heavy (non-hydrogen) atoms. The second-order valence-corrected chi connectivity index (χ2v) is 4.37. The van der Waals surface area contributed by atoms with Gasteiger partial charge in [-0.1, -0.05) is 19.3 Å². The average Bonchev–Trinajstić information content (AvgIpc) is 2.06. The van der Waals surface area contributed by atoms with E-state index in [2.05, 4.69) is 0 Å². The van der Waals surface area contributed by atoms with Gasteiger partial charge in [0.1, 0.15) is 0 Å². The minimum atomic E-state index is -0.903. The summed E-state index contributed by atoms with van der Waals surface area (Å²) in [5, 5.41) is 16.7. The molecule has 0 aromatic heterocycles. The molecule has 0 aromatic carbocycles. The van der Waals surface area contributed by atoms with Crippen molar-refractivity contribution in [1.29, 1.82) is 0 Å². The molecule has 0 atom stereocenters. The molecular formula is C10H23NO2. The van der Waals surface area contributed by atoms with Crippen molar-refractivity contribution in [1.82, 2.24) is 0 Å². The van der Waals surface area contributed by atoms with Gasteiger partial charge in [0.15, 0.2) is 0 Å². The molecule has 0 aliphatic heterocycles. The fraction of sp³-hybridized carbons (Fsp3) is 1.00. The molecule has 0 heterocycles. The first-order valence-electron chi connectivity index (χ1n) is 5.04. The number of hydrogen-bond acceptors (Lipinski definition) is 3. The number of aliphatic hydroxyl groups is 2. The minimum Gasteiger partial charge on any atom is -0.393 e. The SMILES string of the molecule is CC(C)(O)CO.NC1CCCCC1. The molecule has 1 saturated carbocycles. The Morgan fingerprint density at radius 1 is 1.23 bits per heavy atom. The smallest absolute Gasteiger partial charge is 0.0821 e. The van der Waals surface area contributed by atoms with E-state index >= 15 is 0 Å². The predicted molar refractivity (Wildman–Crippen MR) is 54.4 cm³/mol. The first-order valence-corrected chi connectivity index (χ1v) is 5.04. The van der Waals surface area contributed by atoms with Crippen molar-refractivity contribution in [3.63, 3.8) is 0 Å². The van der Waals surface area contributed by atoms with Crippen LogP contribution in [0.4, 0.5) is 0 Å². The van der Waals surface area contributed by atoms with Gasteiger partial charge in [-0.25, -0.2) is 0 Å². The van der Waals surface area contributed by atoms with Crippen LogP contribution in [0.1, 0.15) is 46.0 Å². The monoisotopic (exact) mass is 189 g/mol. The maximum Gasteiger partial charge on any atom is 0.0821 e. The molecule has 3 nitrogen and oxygen atoms in total. The van der Waals surface area contributed by atoms with Gasteiger partial charge in [0, 0.05) is 6.04 Å². The van der Waals surface area contributed by atoms with E-state index in [1.807, 2.05) is 0 Å². The van der Waals surface area contributed by atoms with Crippen molar-refractivity contribution in [3.8, 4) is 0 Å². The van der Waals surface area contributed by atoms with Crippen LogP contribution in [0.15, 0.2) is 0 Å². The van der Waals surface area contributed by atoms with Crippen LogP contribution in [0.25, 0.3) is 0 Å². The summed E-state index contributed by atoms with van der Waals surface area (Å²) < 4.78 is 0. The van der Waals surface area contributed by atoms with Crippen LogP contribution in [0.3, 0.4) is 0 Å². The Hall–Kier alpha value is -0.120. The van der Waals surface area contributed by atoms with E-state index in [-0.39, 0.29) is 6.61 Å². The summed E-state index contributed by atoms with van der Waals surface area (Å²) >= 11 is 0. The summed E-state index contributed by atoms with van der Waals surface area (Å²) in [6.07, 6.45) is 6.66. The topological polar surface area (TPSA) is 66.5 Å². The Kier molecular flexibility index (Phi) is 6.29. The quantitative estimate of drug-likeness (QED) is 0.577. The maximum absolute atomic E-state index is 8.58. The highest BCUT2D eigenvalue weighted by Crippen LogP contribution is 2.14. The Balaban J connectivity index is 0.000000226. The zero-order valence-electron chi connectivity index (χ0n) is 8.79. The standard InChI is InChI=1S/C6H13N.C4H10O2/c7-6-4-2-1-3-5-6;1-4(2,6)3-5/h6H,1-5,7H2;5-6H,3H2,1-2H3. The fourth-order valence-corrected chi connectivity index (χ4v) is 1.13. The van der Waals surface area contributed by atoms with E-state index in [1.165, 1.54) is 32.1 Å². The molecule has 0 amide bonds. The zero-order valence-corrected chi connectivity index (χ0v) is 8.79. The van der Waals surface area contributed by atoms with Crippen molar-refractivity contribution < 1.29 is 10.2 Å². The van der Waals surface area contributed by atoms with Gasteiger partial charge < -0.3 is 15.9 Å². The van der Waals surface area contributed by atoms with Crippen LogP contribution in [0, 0.1) is 0 Å². The molecule has 1 aliphatic rings. The third-order valence-corrected chi connectivity index (χ3v) is 2.04. The molecule has 0 unspecified atom stereocenters. The van der Waals surface area contributed by atoms with Crippen LogP contribution in [0.5, 0.6) is 0 Å². The minimum absolute atomic E-state index is 0.174. The van der Waals surface area contributed by atoms with Crippen LogP contribution >= 0.6 is 0 Å². The highest BCUT2D eigenvalue weighted by Gasteiger charge is 2.07. The van der Waals surface area contributed by atoms with E-state index in [0.717, 1.165) is 0 Å². The summed E-state index contributed by atoms with van der Waals surface area (Å²) in [5.74, 6) is 0. The maximum atomic E-state index is 8.58. The number of hydrogen-bond donors (Lipinski definition) is 3. The van der Waals surface area contributed by atoms with Gasteiger partial charge >= 0.3 is 0 Å². The average molecular weight is 189 g/mol. The first-order chi connectivity index (χ1) is 5.95. The second kappa shape index (κ2) is 6.35. The second-order valence-electron chi connectivity index (χ2n) is 4.37. The van der Waals surface area contributed by atoms with Gasteiger partial charge in [-0.2, -0.15) is 0 Å². The van der Waals surface area contributed by atoms with Crippen LogP contribution < -0.4 is 5.73 Å². The molecule has 1 fully saturated rings. The van der Waals surface area contributed by atoms with Gasteiger partial charge in [-0.3, -0.25) is 0 Å². The lowest BCUT2D eigenvalue weighted by Gasteiger charge is -2.15. The molecule has 3 heteroatoms. The molecule has 0 saturated heterocycles. The molecule has 4 N–H and O–H groups in total. The fourth-order valence-electron chi connectivity index (χ4n) is 1.13. The molecule has 0 aromatic rings. The van der Waals surface area contributed by atoms with Crippen LogP contribution in [0.2, 0.25) is 0 Å². The van der Waals surface area contributed by atoms with E-state index in [1.54, 1.807) is 13.8 Å². The molecule has 0 spiro atoms. The summed E-state index contributed by atoms with van der Waals surface area (Å²) in [6.45, 7) is 2.92. The van der Waals surface area contributed by atoms with Crippen molar-refractivity contribution >= 4 is 0 Å². The molecule has 80 valence electrons. The van der Waals surface area contributed by atoms with Gasteiger partial charge in [-0.05, 0) is 26.7 Å². The Bertz CT molecular complexity index is 115. The van der Waals surface area contributed by atoms with E-state index in [0.29, 0.717) is 6.04 Å². The van der Waals surface area contributed by atoms with Gasteiger partial charge in [0.25, 0.3) is 0 Å². The lowest BCUT2D eigenvalue weighted by Crippen LogP contribution is -2.23. The summed E-state index contributed by atoms with van der Waals surface area (Å²) in [4.78, 5) is 0. The van der Waals surface area contributed by atoms with Gasteiger partial charge in [0.2, 0.25) is 0 Å². The van der Waals surface area contributed by atoms with Crippen molar-refractivity contribution in [3.05, 3.63) is 0 Å². The van der Waals surface area contributed by atoms with Crippen LogP contribution in [-0.4, -0.2) is 28.5 Å². The lowest BCUT2D eigenvalue weighted by molar-refractivity contribution is 0.0183. The Morgan fingerprint density at radius 2 is 1.62 bits per heavy atom. The lowest BCUT2D eigenvalue weighted by atomic mass is 9.97. The molecule has 0 radical (unpaired) electrons. The summed E-state index contributed by atoms with van der Waals surface area (Å²) in [6, 6.07) is 0.536.